The van der Waals surface area contributed by atoms with Crippen molar-refractivity contribution in [3.8, 4) is 0 Å². The summed E-state index contributed by atoms with van der Waals surface area (Å²) in [6.45, 7) is 5.60. The van der Waals surface area contributed by atoms with E-state index in [1.54, 1.807) is 6.92 Å². The molecular weight excluding hydrogens is 236 g/mol. The lowest BCUT2D eigenvalue weighted by Crippen LogP contribution is -2.41. The van der Waals surface area contributed by atoms with Crippen molar-refractivity contribution in [2.24, 2.45) is 5.92 Å². The van der Waals surface area contributed by atoms with Crippen LogP contribution >= 0.6 is 0 Å². The second-order valence-corrected chi connectivity index (χ2v) is 4.32. The smallest absolute Gasteiger partial charge is 0.322 e. The van der Waals surface area contributed by atoms with Gasteiger partial charge in [-0.1, -0.05) is 12.0 Å². The number of carbonyl (C=O) groups excluding carboxylic acids is 1. The minimum atomic E-state index is -0.219. The maximum absolute atomic E-state index is 12.0. The van der Waals surface area contributed by atoms with Crippen LogP contribution < -0.4 is 10.6 Å². The van der Waals surface area contributed by atoms with Crippen LogP contribution in [0.4, 0.5) is 6.01 Å². The van der Waals surface area contributed by atoms with E-state index in [0.717, 1.165) is 13.0 Å². The monoisotopic (exact) mass is 254 g/mol. The van der Waals surface area contributed by atoms with E-state index in [4.69, 9.17) is 9.15 Å². The zero-order chi connectivity index (χ0) is 13.0. The third-order valence-electron chi connectivity index (χ3n) is 2.83. The Hall–Kier alpha value is -1.47. The highest BCUT2D eigenvalue weighted by Crippen LogP contribution is 2.16. The van der Waals surface area contributed by atoms with Gasteiger partial charge in [-0.25, -0.2) is 0 Å². The average Bonchev–Trinajstić information content (AvgIpc) is 2.95. The molecule has 1 fully saturated rings. The van der Waals surface area contributed by atoms with Crippen LogP contribution in [-0.4, -0.2) is 41.9 Å². The Morgan fingerprint density at radius 3 is 2.94 bits per heavy atom. The van der Waals surface area contributed by atoms with Gasteiger partial charge >= 0.3 is 6.01 Å². The van der Waals surface area contributed by atoms with Gasteiger partial charge in [-0.2, -0.15) is 0 Å². The van der Waals surface area contributed by atoms with Crippen molar-refractivity contribution in [3.05, 3.63) is 5.89 Å². The second-order valence-electron chi connectivity index (χ2n) is 4.32. The fraction of sp³-hybridized carbons (Fsp3) is 0.727. The number of hydrogen-bond donors (Lipinski definition) is 2. The summed E-state index contributed by atoms with van der Waals surface area (Å²) in [6.07, 6.45) is 1.02. The topological polar surface area (TPSA) is 89.3 Å². The first kappa shape index (κ1) is 13.0. The second kappa shape index (κ2) is 5.92. The van der Waals surface area contributed by atoms with Crippen LogP contribution in [-0.2, 0) is 9.53 Å². The first-order valence-corrected chi connectivity index (χ1v) is 6.12. The Bertz CT molecular complexity index is 407. The summed E-state index contributed by atoms with van der Waals surface area (Å²) >= 11 is 0. The minimum Gasteiger partial charge on any atom is -0.408 e. The van der Waals surface area contributed by atoms with Gasteiger partial charge in [-0.3, -0.25) is 10.1 Å². The largest absolute Gasteiger partial charge is 0.408 e. The summed E-state index contributed by atoms with van der Waals surface area (Å²) in [6, 6.07) is 0.188. The highest BCUT2D eigenvalue weighted by molar-refractivity contribution is 5.91. The molecule has 1 aromatic rings. The van der Waals surface area contributed by atoms with Crippen molar-refractivity contribution in [1.82, 2.24) is 15.5 Å². The Labute approximate surface area is 105 Å². The maximum Gasteiger partial charge on any atom is 0.322 e. The van der Waals surface area contributed by atoms with Crippen LogP contribution in [0.2, 0.25) is 0 Å². The number of aryl methyl sites for hydroxylation is 1. The lowest BCUT2D eigenvalue weighted by atomic mass is 10.0. The summed E-state index contributed by atoms with van der Waals surface area (Å²) in [5.41, 5.74) is 0. The first-order chi connectivity index (χ1) is 8.70. The molecule has 1 aliphatic heterocycles. The number of carbonyl (C=O) groups is 1. The molecule has 1 aliphatic rings. The zero-order valence-electron chi connectivity index (χ0n) is 10.6. The Kier molecular flexibility index (Phi) is 4.27. The molecule has 0 radical (unpaired) electrons. The van der Waals surface area contributed by atoms with Gasteiger partial charge in [0.05, 0.1) is 19.1 Å². The molecule has 0 bridgehead atoms. The summed E-state index contributed by atoms with van der Waals surface area (Å²) in [5.74, 6) is 0.0575. The Morgan fingerprint density at radius 2 is 2.28 bits per heavy atom. The van der Waals surface area contributed by atoms with E-state index in [0.29, 0.717) is 19.1 Å². The predicted molar refractivity (Wildman–Crippen MR) is 64.1 cm³/mol. The number of nitrogens with zero attached hydrogens (tertiary/aromatic N) is 2. The standard InChI is InChI=1S/C11H18N4O3/c1-3-4-12-9-6-17-5-8(9)10(16)13-11-15-14-7(2)18-11/h8-9,12H,3-6H2,1-2H3,(H,13,15,16). The van der Waals surface area contributed by atoms with Gasteiger partial charge in [0.2, 0.25) is 11.8 Å². The van der Waals surface area contributed by atoms with E-state index in [1.807, 2.05) is 0 Å². The van der Waals surface area contributed by atoms with E-state index in [2.05, 4.69) is 27.8 Å². The number of ether oxygens (including phenoxy) is 1. The number of nitrogens with one attached hydrogen (secondary N) is 2. The summed E-state index contributed by atoms with van der Waals surface area (Å²) in [7, 11) is 0. The summed E-state index contributed by atoms with van der Waals surface area (Å²) in [5, 5.41) is 13.3. The van der Waals surface area contributed by atoms with Crippen LogP contribution in [0, 0.1) is 12.8 Å². The molecule has 18 heavy (non-hydrogen) atoms. The number of aromatic nitrogens is 2. The van der Waals surface area contributed by atoms with Crippen LogP contribution in [0.5, 0.6) is 0 Å². The number of amides is 1. The minimum absolute atomic E-state index is 0.0500. The molecule has 100 valence electrons. The van der Waals surface area contributed by atoms with Gasteiger partial charge in [0.1, 0.15) is 0 Å². The molecule has 1 saturated heterocycles. The molecule has 1 amide bonds. The lowest BCUT2D eigenvalue weighted by Gasteiger charge is -2.17. The average molecular weight is 254 g/mol. The molecule has 1 aromatic heterocycles. The molecule has 2 rings (SSSR count). The Balaban J connectivity index is 1.91. The highest BCUT2D eigenvalue weighted by Gasteiger charge is 2.34. The molecule has 0 aliphatic carbocycles. The van der Waals surface area contributed by atoms with E-state index < -0.39 is 0 Å². The lowest BCUT2D eigenvalue weighted by molar-refractivity contribution is -0.120. The van der Waals surface area contributed by atoms with Gasteiger partial charge in [-0.05, 0) is 13.0 Å². The molecular formula is C11H18N4O3. The normalized spacial score (nSPS) is 23.2. The van der Waals surface area contributed by atoms with E-state index in [9.17, 15) is 4.79 Å². The zero-order valence-corrected chi connectivity index (χ0v) is 10.6. The van der Waals surface area contributed by atoms with Crippen LogP contribution in [0.15, 0.2) is 4.42 Å². The fourth-order valence-corrected chi connectivity index (χ4v) is 1.89. The van der Waals surface area contributed by atoms with Crippen molar-refractivity contribution < 1.29 is 13.9 Å². The third kappa shape index (κ3) is 3.05. The van der Waals surface area contributed by atoms with Gasteiger partial charge < -0.3 is 14.5 Å². The third-order valence-corrected chi connectivity index (χ3v) is 2.83. The summed E-state index contributed by atoms with van der Waals surface area (Å²) < 4.78 is 10.5. The SMILES string of the molecule is CCCNC1COCC1C(=O)Nc1nnc(C)o1. The molecule has 2 atom stereocenters. The van der Waals surface area contributed by atoms with Gasteiger partial charge in [0.25, 0.3) is 0 Å². The number of anilines is 1. The fourth-order valence-electron chi connectivity index (χ4n) is 1.89. The molecule has 7 heteroatoms. The van der Waals surface area contributed by atoms with Gasteiger partial charge in [0.15, 0.2) is 0 Å². The molecule has 2 unspecified atom stereocenters. The number of hydrogen-bond acceptors (Lipinski definition) is 6. The quantitative estimate of drug-likeness (QED) is 0.787. The van der Waals surface area contributed by atoms with Crippen molar-refractivity contribution in [1.29, 1.82) is 0 Å². The molecule has 2 heterocycles. The number of rotatable bonds is 5. The van der Waals surface area contributed by atoms with E-state index >= 15 is 0 Å². The molecule has 0 spiro atoms. The molecule has 2 N–H and O–H groups in total. The van der Waals surface area contributed by atoms with Crippen LogP contribution in [0.25, 0.3) is 0 Å². The van der Waals surface area contributed by atoms with Crippen molar-refractivity contribution in [3.63, 3.8) is 0 Å². The Morgan fingerprint density at radius 1 is 1.44 bits per heavy atom. The van der Waals surface area contributed by atoms with Crippen LogP contribution in [0.1, 0.15) is 19.2 Å². The first-order valence-electron chi connectivity index (χ1n) is 6.12. The van der Waals surface area contributed by atoms with E-state index in [-0.39, 0.29) is 23.9 Å². The van der Waals surface area contributed by atoms with Crippen molar-refractivity contribution in [2.45, 2.75) is 26.3 Å². The van der Waals surface area contributed by atoms with E-state index in [1.165, 1.54) is 0 Å². The highest BCUT2D eigenvalue weighted by atomic mass is 16.5. The predicted octanol–water partition coefficient (Wildman–Crippen LogP) is 0.331. The van der Waals surface area contributed by atoms with Gasteiger partial charge in [0, 0.05) is 13.0 Å². The van der Waals surface area contributed by atoms with Crippen LogP contribution in [0.3, 0.4) is 0 Å². The van der Waals surface area contributed by atoms with Gasteiger partial charge in [-0.15, -0.1) is 5.10 Å². The molecule has 7 nitrogen and oxygen atoms in total. The van der Waals surface area contributed by atoms with Crippen molar-refractivity contribution >= 4 is 11.9 Å². The maximum atomic E-state index is 12.0. The molecule has 0 saturated carbocycles. The summed E-state index contributed by atoms with van der Waals surface area (Å²) in [4.78, 5) is 12.0. The van der Waals surface area contributed by atoms with Crippen molar-refractivity contribution in [2.75, 3.05) is 25.1 Å². The molecule has 0 aromatic carbocycles.